The second kappa shape index (κ2) is 5.89. The van der Waals surface area contributed by atoms with Crippen molar-refractivity contribution >= 4 is 29.4 Å². The summed E-state index contributed by atoms with van der Waals surface area (Å²) in [5, 5.41) is 1.20. The molecule has 0 bridgehead atoms. The fourth-order valence-electron chi connectivity index (χ4n) is 1.42. The highest BCUT2D eigenvalue weighted by Crippen LogP contribution is 2.21. The van der Waals surface area contributed by atoms with Gasteiger partial charge in [-0.25, -0.2) is 9.82 Å². The van der Waals surface area contributed by atoms with E-state index in [1.54, 1.807) is 46.6 Å². The Hall–Kier alpha value is -1.52. The van der Waals surface area contributed by atoms with Gasteiger partial charge < -0.3 is 0 Å². The Morgan fingerprint density at radius 2 is 2.28 bits per heavy atom. The summed E-state index contributed by atoms with van der Waals surface area (Å²) < 4.78 is 1.71. The molecule has 4 nitrogen and oxygen atoms in total. The number of nitrogens with zero attached hydrogens (tertiary/aromatic N) is 3. The van der Waals surface area contributed by atoms with Crippen LogP contribution in [0.3, 0.4) is 0 Å². The van der Waals surface area contributed by atoms with Crippen LogP contribution < -0.4 is 0 Å². The molecule has 0 aliphatic carbocycles. The van der Waals surface area contributed by atoms with E-state index in [2.05, 4.69) is 4.98 Å². The van der Waals surface area contributed by atoms with Crippen molar-refractivity contribution in [1.82, 2.24) is 9.66 Å². The summed E-state index contributed by atoms with van der Waals surface area (Å²) in [6, 6.07) is 5.31. The fourth-order valence-corrected chi connectivity index (χ4v) is 1.88. The highest BCUT2D eigenvalue weighted by Gasteiger charge is 2.09. The molecule has 94 valence electrons. The Kier molecular flexibility index (Phi) is 4.23. The summed E-state index contributed by atoms with van der Waals surface area (Å²) in [4.78, 5) is 11.1. The Morgan fingerprint density at radius 3 is 2.89 bits per heavy atom. The largest absolute Gasteiger partial charge is 0.242 e. The lowest BCUT2D eigenvalue weighted by Gasteiger charge is -2.04. The third-order valence-electron chi connectivity index (χ3n) is 2.31. The normalized spacial score (nSPS) is 11.6. The van der Waals surface area contributed by atoms with Crippen molar-refractivity contribution in [1.29, 1.82) is 0 Å². The molecular weight excluding hydrogens is 273 g/mol. The minimum atomic E-state index is 0.346. The van der Waals surface area contributed by atoms with Gasteiger partial charge in [0, 0.05) is 22.5 Å². The lowest BCUT2D eigenvalue weighted by Crippen LogP contribution is -2.18. The highest BCUT2D eigenvalue weighted by molar-refractivity contribution is 6.35. The second-order valence-electron chi connectivity index (χ2n) is 3.51. The van der Waals surface area contributed by atoms with E-state index in [0.717, 1.165) is 5.56 Å². The van der Waals surface area contributed by atoms with E-state index in [1.165, 1.54) is 0 Å². The van der Waals surface area contributed by atoms with Crippen LogP contribution in [0, 0.1) is 0 Å². The number of hydrogen-bond donors (Lipinski definition) is 0. The van der Waals surface area contributed by atoms with Crippen molar-refractivity contribution in [2.75, 3.05) is 0 Å². The first-order valence-corrected chi connectivity index (χ1v) is 6.10. The molecule has 0 fully saturated rings. The summed E-state index contributed by atoms with van der Waals surface area (Å²) in [5.41, 5.74) is 0.869. The molecule has 6 heteroatoms. The third kappa shape index (κ3) is 3.03. The Morgan fingerprint density at radius 1 is 1.44 bits per heavy atom. The molecular formula is C12H12Cl2N3O+. The number of benzene rings is 1. The van der Waals surface area contributed by atoms with Crippen LogP contribution >= 0.6 is 23.2 Å². The van der Waals surface area contributed by atoms with Crippen molar-refractivity contribution in [2.24, 2.45) is 0 Å². The van der Waals surface area contributed by atoms with E-state index in [9.17, 15) is 0 Å². The van der Waals surface area contributed by atoms with Gasteiger partial charge in [0.1, 0.15) is 0 Å². The van der Waals surface area contributed by atoms with E-state index in [-0.39, 0.29) is 0 Å². The monoisotopic (exact) mass is 284 g/mol. The van der Waals surface area contributed by atoms with Crippen molar-refractivity contribution in [3.8, 4) is 0 Å². The van der Waals surface area contributed by atoms with Crippen LogP contribution in [-0.4, -0.2) is 20.7 Å². The van der Waals surface area contributed by atoms with Gasteiger partial charge in [0.2, 0.25) is 6.21 Å². The molecule has 0 unspecified atom stereocenters. The van der Waals surface area contributed by atoms with Crippen molar-refractivity contribution in [2.45, 2.75) is 13.5 Å². The van der Waals surface area contributed by atoms with Gasteiger partial charge in [0.05, 0.1) is 17.2 Å². The Bertz CT molecular complexity index is 552. The van der Waals surface area contributed by atoms with Gasteiger partial charge in [0.25, 0.3) is 0 Å². The van der Waals surface area contributed by atoms with E-state index < -0.39 is 0 Å². The van der Waals surface area contributed by atoms with Crippen LogP contribution in [0.25, 0.3) is 0 Å². The number of halogens is 2. The minimum Gasteiger partial charge on any atom is -0.242 e. The summed E-state index contributed by atoms with van der Waals surface area (Å²) in [7, 11) is 0. The minimum absolute atomic E-state index is 0.346. The molecule has 1 aromatic carbocycles. The lowest BCUT2D eigenvalue weighted by atomic mass is 10.2. The maximum atomic E-state index is 6.07. The topological polar surface area (TPSA) is 30.1 Å². The van der Waals surface area contributed by atoms with Gasteiger partial charge in [-0.2, -0.15) is 0 Å². The number of hydrogen-bond acceptors (Lipinski definition) is 2. The first-order chi connectivity index (χ1) is 8.70. The molecule has 1 heterocycles. The van der Waals surface area contributed by atoms with Gasteiger partial charge in [0.15, 0.2) is 12.9 Å². The molecule has 0 radical (unpaired) electrons. The van der Waals surface area contributed by atoms with Gasteiger partial charge in [-0.15, -0.1) is 0 Å². The molecule has 0 saturated carbocycles. The molecule has 0 amide bonds. The Balaban J connectivity index is 2.07. The van der Waals surface area contributed by atoms with E-state index in [1.807, 2.05) is 13.0 Å². The quantitative estimate of drug-likeness (QED) is 0.490. The van der Waals surface area contributed by atoms with Gasteiger partial charge in [-0.05, 0) is 12.1 Å². The molecule has 18 heavy (non-hydrogen) atoms. The van der Waals surface area contributed by atoms with Crippen LogP contribution in [0.5, 0.6) is 0 Å². The maximum absolute atomic E-state index is 6.07. The number of rotatable bonds is 4. The van der Waals surface area contributed by atoms with Gasteiger partial charge in [-0.1, -0.05) is 33.9 Å². The third-order valence-corrected chi connectivity index (χ3v) is 2.89. The highest BCUT2D eigenvalue weighted by atomic mass is 35.5. The van der Waals surface area contributed by atoms with Crippen LogP contribution in [0.1, 0.15) is 12.5 Å². The van der Waals surface area contributed by atoms with E-state index in [4.69, 9.17) is 28.0 Å². The van der Waals surface area contributed by atoms with Crippen LogP contribution in [0.4, 0.5) is 0 Å². The molecule has 0 atom stereocenters. The first kappa shape index (κ1) is 12.9. The van der Waals surface area contributed by atoms with Gasteiger partial charge >= 0.3 is 0 Å². The zero-order valence-corrected chi connectivity index (χ0v) is 11.3. The first-order valence-electron chi connectivity index (χ1n) is 5.34. The zero-order valence-electron chi connectivity index (χ0n) is 9.75. The molecule has 0 saturated heterocycles. The molecule has 2 aromatic rings. The average Bonchev–Trinajstić information content (AvgIpc) is 2.86. The standard InChI is InChI=1S/C12H12Cl2N3O/c1-2-17(16-6-5-15-9-16)18-8-10-3-4-11(13)7-12(10)14/h2-7,9H,8H2,1H3/q+1. The molecule has 0 aliphatic heterocycles. The molecule has 0 N–H and O–H groups in total. The van der Waals surface area contributed by atoms with Crippen molar-refractivity contribution in [3.05, 3.63) is 52.5 Å². The number of aromatic nitrogens is 2. The predicted octanol–water partition coefficient (Wildman–Crippen LogP) is 3.19. The van der Waals surface area contributed by atoms with Crippen LogP contribution in [0.2, 0.25) is 10.0 Å². The van der Waals surface area contributed by atoms with Crippen molar-refractivity contribution in [3.63, 3.8) is 0 Å². The SMILES string of the molecule is CC=[N+](OCc1ccc(Cl)cc1Cl)n1ccnc1. The molecule has 0 aliphatic rings. The summed E-state index contributed by atoms with van der Waals surface area (Å²) in [6.07, 6.45) is 6.88. The summed E-state index contributed by atoms with van der Waals surface area (Å²) in [5.74, 6) is 0. The van der Waals surface area contributed by atoms with Gasteiger partial charge in [-0.3, -0.25) is 0 Å². The second-order valence-corrected chi connectivity index (χ2v) is 4.36. The average molecular weight is 285 g/mol. The van der Waals surface area contributed by atoms with Crippen molar-refractivity contribution < 1.29 is 9.69 Å². The predicted molar refractivity (Wildman–Crippen MR) is 70.9 cm³/mol. The fraction of sp³-hybridized carbons (Fsp3) is 0.167. The van der Waals surface area contributed by atoms with Crippen LogP contribution in [0.15, 0.2) is 36.9 Å². The zero-order chi connectivity index (χ0) is 13.0. The molecule has 1 aromatic heterocycles. The maximum Gasteiger partial charge on any atom is 0.226 e. The Labute approximate surface area is 115 Å². The molecule has 0 spiro atoms. The van der Waals surface area contributed by atoms with Crippen LogP contribution in [-0.2, 0) is 11.4 Å². The smallest absolute Gasteiger partial charge is 0.226 e. The summed E-state index contributed by atoms with van der Waals surface area (Å²) >= 11 is 11.9. The molecule has 2 rings (SSSR count). The lowest BCUT2D eigenvalue weighted by molar-refractivity contribution is -0.829. The van der Waals surface area contributed by atoms with E-state index >= 15 is 0 Å². The number of imidazole rings is 1. The summed E-state index contributed by atoms with van der Waals surface area (Å²) in [6.45, 7) is 2.21. The van der Waals surface area contributed by atoms with E-state index in [0.29, 0.717) is 16.7 Å².